The van der Waals surface area contributed by atoms with Gasteiger partial charge >= 0.3 is 0 Å². The van der Waals surface area contributed by atoms with Gasteiger partial charge in [0.1, 0.15) is 0 Å². The maximum atomic E-state index is 6.06. The number of benzene rings is 1. The van der Waals surface area contributed by atoms with Crippen LogP contribution in [-0.4, -0.2) is 26.3 Å². The largest absolute Gasteiger partial charge is 0.348 e. The molecule has 128 valence electrons. The van der Waals surface area contributed by atoms with E-state index in [0.29, 0.717) is 17.5 Å². The summed E-state index contributed by atoms with van der Waals surface area (Å²) in [6, 6.07) is 11.7. The van der Waals surface area contributed by atoms with Crippen molar-refractivity contribution in [3.05, 3.63) is 59.0 Å². The van der Waals surface area contributed by atoms with Gasteiger partial charge in [0, 0.05) is 29.9 Å². The zero-order valence-electron chi connectivity index (χ0n) is 13.7. The van der Waals surface area contributed by atoms with Crippen LogP contribution in [0.3, 0.4) is 0 Å². The highest BCUT2D eigenvalue weighted by Gasteiger charge is 2.11. The van der Waals surface area contributed by atoms with Gasteiger partial charge in [-0.25, -0.2) is 9.97 Å². The monoisotopic (exact) mass is 354 g/mol. The Bertz CT molecular complexity index is 852. The first-order chi connectivity index (χ1) is 12.3. The molecule has 0 unspecified atom stereocenters. The van der Waals surface area contributed by atoms with Crippen LogP contribution in [0.15, 0.2) is 42.6 Å². The molecule has 1 aliphatic heterocycles. The van der Waals surface area contributed by atoms with Crippen molar-refractivity contribution in [3.63, 3.8) is 0 Å². The molecule has 4 rings (SSSR count). The Kier molecular flexibility index (Phi) is 4.63. The van der Waals surface area contributed by atoms with Gasteiger partial charge < -0.3 is 10.6 Å². The minimum atomic E-state index is 0.582. The SMILES string of the molecule is Clc1cccc(-c2ccnc(NCc3cc4n(n3)CCCNC4)n2)c1. The highest BCUT2D eigenvalue weighted by molar-refractivity contribution is 6.30. The predicted molar refractivity (Wildman–Crippen MR) is 98.4 cm³/mol. The van der Waals surface area contributed by atoms with E-state index in [0.717, 1.165) is 43.0 Å². The van der Waals surface area contributed by atoms with Gasteiger partial charge in [-0.15, -0.1) is 0 Å². The lowest BCUT2D eigenvalue weighted by Crippen LogP contribution is -2.11. The topological polar surface area (TPSA) is 67.7 Å². The van der Waals surface area contributed by atoms with E-state index in [1.165, 1.54) is 5.69 Å². The van der Waals surface area contributed by atoms with Crippen LogP contribution in [0.4, 0.5) is 5.95 Å². The van der Waals surface area contributed by atoms with Crippen molar-refractivity contribution >= 4 is 17.5 Å². The third-order valence-electron chi connectivity index (χ3n) is 4.15. The smallest absolute Gasteiger partial charge is 0.223 e. The molecule has 2 N–H and O–H groups in total. The quantitative estimate of drug-likeness (QED) is 0.753. The summed E-state index contributed by atoms with van der Waals surface area (Å²) in [4.78, 5) is 8.87. The lowest BCUT2D eigenvalue weighted by Gasteiger charge is -2.06. The molecule has 0 atom stereocenters. The first kappa shape index (κ1) is 16.1. The summed E-state index contributed by atoms with van der Waals surface area (Å²) in [7, 11) is 0. The van der Waals surface area contributed by atoms with Crippen LogP contribution >= 0.6 is 11.6 Å². The maximum Gasteiger partial charge on any atom is 0.223 e. The van der Waals surface area contributed by atoms with Crippen molar-refractivity contribution in [1.29, 1.82) is 0 Å². The molecule has 0 aliphatic carbocycles. The van der Waals surface area contributed by atoms with Gasteiger partial charge in [-0.2, -0.15) is 5.10 Å². The fraction of sp³-hybridized carbons (Fsp3) is 0.278. The molecule has 0 bridgehead atoms. The molecule has 0 saturated carbocycles. The van der Waals surface area contributed by atoms with E-state index >= 15 is 0 Å². The standard InChI is InChI=1S/C18H19ClN6/c19-14-4-1-3-13(9-14)17-5-7-21-18(23-17)22-11-15-10-16-12-20-6-2-8-25(16)24-15/h1,3-5,7,9-10,20H,2,6,8,11-12H2,(H,21,22,23). The second-order valence-corrected chi connectivity index (χ2v) is 6.45. The zero-order valence-corrected chi connectivity index (χ0v) is 14.5. The zero-order chi connectivity index (χ0) is 17.1. The van der Waals surface area contributed by atoms with Crippen LogP contribution < -0.4 is 10.6 Å². The molecule has 0 amide bonds. The molecular formula is C18H19ClN6. The minimum absolute atomic E-state index is 0.582. The Morgan fingerprint density at radius 2 is 2.20 bits per heavy atom. The van der Waals surface area contributed by atoms with E-state index < -0.39 is 0 Å². The number of hydrogen-bond donors (Lipinski definition) is 2. The Morgan fingerprint density at radius 1 is 1.24 bits per heavy atom. The number of rotatable bonds is 4. The molecule has 1 aromatic carbocycles. The number of anilines is 1. The van der Waals surface area contributed by atoms with Crippen LogP contribution in [0.2, 0.25) is 5.02 Å². The van der Waals surface area contributed by atoms with Crippen LogP contribution in [0, 0.1) is 0 Å². The van der Waals surface area contributed by atoms with E-state index in [9.17, 15) is 0 Å². The van der Waals surface area contributed by atoms with E-state index in [4.69, 9.17) is 11.6 Å². The van der Waals surface area contributed by atoms with Crippen molar-refractivity contribution in [2.45, 2.75) is 26.1 Å². The van der Waals surface area contributed by atoms with Gasteiger partial charge in [0.25, 0.3) is 0 Å². The third kappa shape index (κ3) is 3.81. The lowest BCUT2D eigenvalue weighted by molar-refractivity contribution is 0.581. The molecule has 2 aromatic heterocycles. The van der Waals surface area contributed by atoms with E-state index in [1.54, 1.807) is 6.20 Å². The summed E-state index contributed by atoms with van der Waals surface area (Å²) in [5.74, 6) is 0.582. The first-order valence-corrected chi connectivity index (χ1v) is 8.75. The predicted octanol–water partition coefficient (Wildman–Crippen LogP) is 3.10. The first-order valence-electron chi connectivity index (χ1n) is 8.37. The Labute approximate surface area is 151 Å². The van der Waals surface area contributed by atoms with Gasteiger partial charge in [0.05, 0.1) is 23.6 Å². The average molecular weight is 355 g/mol. The average Bonchev–Trinajstić information content (AvgIpc) is 2.89. The van der Waals surface area contributed by atoms with E-state index in [1.807, 2.05) is 30.3 Å². The molecule has 3 heterocycles. The van der Waals surface area contributed by atoms with Crippen molar-refractivity contribution in [2.75, 3.05) is 11.9 Å². The minimum Gasteiger partial charge on any atom is -0.348 e. The van der Waals surface area contributed by atoms with Crippen LogP contribution in [0.25, 0.3) is 11.3 Å². The van der Waals surface area contributed by atoms with Crippen molar-refractivity contribution in [2.24, 2.45) is 0 Å². The Morgan fingerprint density at radius 3 is 3.12 bits per heavy atom. The number of aromatic nitrogens is 4. The number of halogens is 1. The summed E-state index contributed by atoms with van der Waals surface area (Å²) in [5, 5.41) is 12.0. The number of fused-ring (bicyclic) bond motifs is 1. The van der Waals surface area contributed by atoms with Crippen LogP contribution in [0.5, 0.6) is 0 Å². The summed E-state index contributed by atoms with van der Waals surface area (Å²) >= 11 is 6.06. The lowest BCUT2D eigenvalue weighted by atomic mass is 10.1. The summed E-state index contributed by atoms with van der Waals surface area (Å²) in [6.07, 6.45) is 2.85. The molecule has 1 aliphatic rings. The second-order valence-electron chi connectivity index (χ2n) is 6.01. The molecule has 6 nitrogen and oxygen atoms in total. The van der Waals surface area contributed by atoms with Gasteiger partial charge in [-0.05, 0) is 37.2 Å². The summed E-state index contributed by atoms with van der Waals surface area (Å²) in [6.45, 7) is 3.47. The van der Waals surface area contributed by atoms with Crippen molar-refractivity contribution < 1.29 is 0 Å². The third-order valence-corrected chi connectivity index (χ3v) is 4.38. The Balaban J connectivity index is 1.47. The molecule has 0 saturated heterocycles. The fourth-order valence-corrected chi connectivity index (χ4v) is 3.12. The van der Waals surface area contributed by atoms with Gasteiger partial charge in [0.2, 0.25) is 5.95 Å². The number of hydrogen-bond acceptors (Lipinski definition) is 5. The van der Waals surface area contributed by atoms with Crippen LogP contribution in [0.1, 0.15) is 17.8 Å². The molecule has 7 heteroatoms. The summed E-state index contributed by atoms with van der Waals surface area (Å²) in [5.41, 5.74) is 4.03. The van der Waals surface area contributed by atoms with Crippen LogP contribution in [-0.2, 0) is 19.6 Å². The molecule has 0 spiro atoms. The van der Waals surface area contributed by atoms with Crippen molar-refractivity contribution in [1.82, 2.24) is 25.1 Å². The molecule has 3 aromatic rings. The second kappa shape index (κ2) is 7.21. The van der Waals surface area contributed by atoms with Crippen molar-refractivity contribution in [3.8, 4) is 11.3 Å². The highest BCUT2D eigenvalue weighted by Crippen LogP contribution is 2.21. The normalized spacial score (nSPS) is 14.0. The number of nitrogens with one attached hydrogen (secondary N) is 2. The number of nitrogens with zero attached hydrogens (tertiary/aromatic N) is 4. The Hall–Kier alpha value is -2.44. The van der Waals surface area contributed by atoms with E-state index in [2.05, 4.69) is 36.4 Å². The van der Waals surface area contributed by atoms with Gasteiger partial charge in [-0.3, -0.25) is 4.68 Å². The molecular weight excluding hydrogens is 336 g/mol. The van der Waals surface area contributed by atoms with Gasteiger partial charge in [0.15, 0.2) is 0 Å². The fourth-order valence-electron chi connectivity index (χ4n) is 2.93. The van der Waals surface area contributed by atoms with Gasteiger partial charge in [-0.1, -0.05) is 23.7 Å². The highest BCUT2D eigenvalue weighted by atomic mass is 35.5. The molecule has 25 heavy (non-hydrogen) atoms. The van der Waals surface area contributed by atoms with E-state index in [-0.39, 0.29) is 0 Å². The number of aryl methyl sites for hydroxylation is 1. The molecule has 0 fully saturated rings. The maximum absolute atomic E-state index is 6.06. The summed E-state index contributed by atoms with van der Waals surface area (Å²) < 4.78 is 2.08. The molecule has 0 radical (unpaired) electrons.